The number of hydrogen-bond donors (Lipinski definition) is 3. The highest BCUT2D eigenvalue weighted by atomic mass is 19.1. The molecule has 0 bridgehead atoms. The van der Waals surface area contributed by atoms with Gasteiger partial charge in [-0.3, -0.25) is 14.5 Å². The molecule has 0 radical (unpaired) electrons. The Morgan fingerprint density at radius 1 is 1.33 bits per heavy atom. The quantitative estimate of drug-likeness (QED) is 0.647. The molecule has 6 nitrogen and oxygen atoms in total. The number of nitrogens with two attached hydrogens (primary N) is 2. The van der Waals surface area contributed by atoms with Crippen LogP contribution in [0.15, 0.2) is 18.2 Å². The summed E-state index contributed by atoms with van der Waals surface area (Å²) in [6, 6.07) is 3.93. The Balaban J connectivity index is 2.68. The second-order valence-corrected chi connectivity index (χ2v) is 5.32. The molecular formula is C14H21FN4O2. The molecule has 0 saturated carbocycles. The molecule has 0 aliphatic carbocycles. The Kier molecular flexibility index (Phi) is 6.10. The summed E-state index contributed by atoms with van der Waals surface area (Å²) in [5.41, 5.74) is 11.1. The average molecular weight is 296 g/mol. The number of nitrogens with zero attached hydrogens (tertiary/aromatic N) is 1. The number of rotatable bonds is 7. The van der Waals surface area contributed by atoms with Gasteiger partial charge in [0.25, 0.3) is 0 Å². The van der Waals surface area contributed by atoms with Crippen molar-refractivity contribution < 1.29 is 14.0 Å². The van der Waals surface area contributed by atoms with E-state index in [0.29, 0.717) is 12.2 Å². The fourth-order valence-electron chi connectivity index (χ4n) is 1.95. The lowest BCUT2D eigenvalue weighted by molar-refractivity contribution is -0.121. The molecule has 2 amide bonds. The average Bonchev–Trinajstić information content (AvgIpc) is 2.31. The fourth-order valence-corrected chi connectivity index (χ4v) is 1.95. The van der Waals surface area contributed by atoms with Crippen molar-refractivity contribution >= 4 is 23.2 Å². The van der Waals surface area contributed by atoms with E-state index in [0.717, 1.165) is 0 Å². The van der Waals surface area contributed by atoms with Gasteiger partial charge in [-0.15, -0.1) is 0 Å². The van der Waals surface area contributed by atoms with Crippen LogP contribution in [-0.4, -0.2) is 36.3 Å². The Morgan fingerprint density at radius 3 is 2.57 bits per heavy atom. The molecule has 0 fully saturated rings. The van der Waals surface area contributed by atoms with Gasteiger partial charge in [0.2, 0.25) is 11.8 Å². The van der Waals surface area contributed by atoms with Gasteiger partial charge >= 0.3 is 0 Å². The summed E-state index contributed by atoms with van der Waals surface area (Å²) < 4.78 is 13.5. The van der Waals surface area contributed by atoms with Gasteiger partial charge in [0.05, 0.1) is 18.8 Å². The van der Waals surface area contributed by atoms with Crippen LogP contribution in [0.5, 0.6) is 0 Å². The Morgan fingerprint density at radius 2 is 2.00 bits per heavy atom. The van der Waals surface area contributed by atoms with Gasteiger partial charge < -0.3 is 16.8 Å². The molecule has 1 aromatic rings. The normalized spacial score (nSPS) is 10.9. The Bertz CT molecular complexity index is 520. The van der Waals surface area contributed by atoms with Crippen molar-refractivity contribution in [2.45, 2.75) is 13.8 Å². The molecule has 5 N–H and O–H groups in total. The van der Waals surface area contributed by atoms with Crippen LogP contribution in [0.4, 0.5) is 15.8 Å². The maximum Gasteiger partial charge on any atom is 0.238 e. The van der Waals surface area contributed by atoms with Crippen molar-refractivity contribution in [3.05, 3.63) is 24.0 Å². The monoisotopic (exact) mass is 296 g/mol. The first kappa shape index (κ1) is 16.9. The molecule has 0 unspecified atom stereocenters. The summed E-state index contributed by atoms with van der Waals surface area (Å²) in [7, 11) is 0. The Labute approximate surface area is 123 Å². The SMILES string of the molecule is CC(C)CN(CC(N)=O)CC(=O)Nc1cc(N)ccc1F. The van der Waals surface area contributed by atoms with E-state index in [1.165, 1.54) is 18.2 Å². The number of benzene rings is 1. The number of carbonyl (C=O) groups excluding carboxylic acids is 2. The lowest BCUT2D eigenvalue weighted by Crippen LogP contribution is -2.41. The van der Waals surface area contributed by atoms with Crippen LogP contribution in [0.2, 0.25) is 0 Å². The molecule has 1 aromatic carbocycles. The van der Waals surface area contributed by atoms with Crippen LogP contribution in [0.1, 0.15) is 13.8 Å². The molecule has 0 saturated heterocycles. The minimum absolute atomic E-state index is 0.0172. The summed E-state index contributed by atoms with van der Waals surface area (Å²) in [5.74, 6) is -1.25. The zero-order valence-electron chi connectivity index (χ0n) is 12.2. The third-order valence-electron chi connectivity index (χ3n) is 2.63. The first-order valence-electron chi connectivity index (χ1n) is 6.63. The predicted octanol–water partition coefficient (Wildman–Crippen LogP) is 0.790. The van der Waals surface area contributed by atoms with Gasteiger partial charge in [0, 0.05) is 12.2 Å². The molecule has 116 valence electrons. The smallest absolute Gasteiger partial charge is 0.238 e. The zero-order valence-corrected chi connectivity index (χ0v) is 12.2. The highest BCUT2D eigenvalue weighted by molar-refractivity contribution is 5.93. The number of nitrogens with one attached hydrogen (secondary N) is 1. The Hall–Kier alpha value is -2.15. The summed E-state index contributed by atoms with van der Waals surface area (Å²) >= 11 is 0. The van der Waals surface area contributed by atoms with E-state index in [2.05, 4.69) is 5.32 Å². The molecule has 7 heteroatoms. The number of hydrogen-bond acceptors (Lipinski definition) is 4. The molecule has 0 aromatic heterocycles. The van der Waals surface area contributed by atoms with Gasteiger partial charge in [0.1, 0.15) is 5.82 Å². The summed E-state index contributed by atoms with van der Waals surface area (Å²) in [4.78, 5) is 24.6. The van der Waals surface area contributed by atoms with E-state index in [1.807, 2.05) is 13.8 Å². The van der Waals surface area contributed by atoms with Crippen LogP contribution < -0.4 is 16.8 Å². The first-order chi connectivity index (χ1) is 9.77. The predicted molar refractivity (Wildman–Crippen MR) is 79.9 cm³/mol. The molecule has 1 rings (SSSR count). The van der Waals surface area contributed by atoms with Crippen LogP contribution in [0.3, 0.4) is 0 Å². The second-order valence-electron chi connectivity index (χ2n) is 5.32. The van der Waals surface area contributed by atoms with Crippen molar-refractivity contribution in [1.29, 1.82) is 0 Å². The highest BCUT2D eigenvalue weighted by Gasteiger charge is 2.15. The van der Waals surface area contributed by atoms with Crippen LogP contribution in [0.25, 0.3) is 0 Å². The van der Waals surface area contributed by atoms with Gasteiger partial charge in [-0.25, -0.2) is 4.39 Å². The standard InChI is InChI=1S/C14H21FN4O2/c1-9(2)6-19(7-13(17)20)8-14(21)18-12-5-10(16)3-4-11(12)15/h3-5,9H,6-8,16H2,1-2H3,(H2,17,20)(H,18,21). The fraction of sp³-hybridized carbons (Fsp3) is 0.429. The van der Waals surface area contributed by atoms with E-state index in [4.69, 9.17) is 11.5 Å². The number of carbonyl (C=O) groups is 2. The van der Waals surface area contributed by atoms with Crippen LogP contribution in [0, 0.1) is 11.7 Å². The third kappa shape index (κ3) is 6.22. The lowest BCUT2D eigenvalue weighted by atomic mass is 10.2. The van der Waals surface area contributed by atoms with Crippen molar-refractivity contribution in [3.8, 4) is 0 Å². The van der Waals surface area contributed by atoms with Crippen LogP contribution in [-0.2, 0) is 9.59 Å². The third-order valence-corrected chi connectivity index (χ3v) is 2.63. The maximum atomic E-state index is 13.5. The largest absolute Gasteiger partial charge is 0.399 e. The molecular weight excluding hydrogens is 275 g/mol. The van der Waals surface area contributed by atoms with Crippen LogP contribution >= 0.6 is 0 Å². The molecule has 0 spiro atoms. The summed E-state index contributed by atoms with van der Waals surface area (Å²) in [5, 5.41) is 2.44. The number of amides is 2. The minimum Gasteiger partial charge on any atom is -0.399 e. The molecule has 0 aliphatic rings. The van der Waals surface area contributed by atoms with Gasteiger partial charge in [-0.05, 0) is 24.1 Å². The second kappa shape index (κ2) is 7.58. The van der Waals surface area contributed by atoms with E-state index >= 15 is 0 Å². The number of halogens is 1. The number of primary amides is 1. The van der Waals surface area contributed by atoms with E-state index in [-0.39, 0.29) is 24.7 Å². The van der Waals surface area contributed by atoms with E-state index in [1.54, 1.807) is 4.90 Å². The van der Waals surface area contributed by atoms with Crippen molar-refractivity contribution in [1.82, 2.24) is 4.90 Å². The van der Waals surface area contributed by atoms with Crippen molar-refractivity contribution in [2.75, 3.05) is 30.7 Å². The van der Waals surface area contributed by atoms with Gasteiger partial charge in [0.15, 0.2) is 0 Å². The van der Waals surface area contributed by atoms with Crippen molar-refractivity contribution in [3.63, 3.8) is 0 Å². The van der Waals surface area contributed by atoms with E-state index in [9.17, 15) is 14.0 Å². The van der Waals surface area contributed by atoms with Gasteiger partial charge in [-0.1, -0.05) is 13.8 Å². The number of anilines is 2. The number of nitrogen functional groups attached to an aromatic ring is 1. The summed E-state index contributed by atoms with van der Waals surface area (Å²) in [6.45, 7) is 4.39. The molecule has 0 aliphatic heterocycles. The molecule has 0 heterocycles. The zero-order chi connectivity index (χ0) is 16.0. The highest BCUT2D eigenvalue weighted by Crippen LogP contribution is 2.17. The van der Waals surface area contributed by atoms with Gasteiger partial charge in [-0.2, -0.15) is 0 Å². The molecule has 21 heavy (non-hydrogen) atoms. The van der Waals surface area contributed by atoms with E-state index < -0.39 is 17.6 Å². The van der Waals surface area contributed by atoms with Crippen molar-refractivity contribution in [2.24, 2.45) is 11.7 Å². The lowest BCUT2D eigenvalue weighted by Gasteiger charge is -2.22. The maximum absolute atomic E-state index is 13.5. The topological polar surface area (TPSA) is 101 Å². The first-order valence-corrected chi connectivity index (χ1v) is 6.63. The molecule has 0 atom stereocenters. The minimum atomic E-state index is -0.567. The summed E-state index contributed by atoms with van der Waals surface area (Å²) in [6.07, 6.45) is 0.